The van der Waals surface area contributed by atoms with E-state index in [0.717, 1.165) is 48.1 Å². The first-order valence-corrected chi connectivity index (χ1v) is 10.3. The summed E-state index contributed by atoms with van der Waals surface area (Å²) in [5, 5.41) is 17.2. The number of furan rings is 1. The molecule has 1 unspecified atom stereocenters. The first kappa shape index (κ1) is 18.2. The standard InChI is InChI=1S/C22H25N3O4/c1-12-9-13-5-4-6-14(21(13)29-12)20-19-16(10-23-22(19)28)24-15-7-2-3-8-17(15)25(20)18(27)11-26/h4-6,9,15,17,20,24,26H,2-3,7-8,10-11H2,1H3,(H,23,28)/t15-,17?,20-/m1/s1. The second-order valence-corrected chi connectivity index (χ2v) is 8.16. The molecule has 1 aromatic carbocycles. The van der Waals surface area contributed by atoms with E-state index >= 15 is 0 Å². The predicted octanol–water partition coefficient (Wildman–Crippen LogP) is 1.90. The van der Waals surface area contributed by atoms with Gasteiger partial charge in [-0.15, -0.1) is 0 Å². The number of fused-ring (bicyclic) bond motifs is 2. The molecule has 3 N–H and O–H groups in total. The Labute approximate surface area is 168 Å². The number of amides is 2. The number of aliphatic hydroxyl groups is 1. The second-order valence-electron chi connectivity index (χ2n) is 8.16. The molecular weight excluding hydrogens is 370 g/mol. The number of nitrogens with one attached hydrogen (secondary N) is 2. The molecule has 29 heavy (non-hydrogen) atoms. The van der Waals surface area contributed by atoms with Crippen LogP contribution < -0.4 is 10.6 Å². The first-order chi connectivity index (χ1) is 14.1. The molecule has 2 amide bonds. The first-order valence-electron chi connectivity index (χ1n) is 10.3. The Morgan fingerprint density at radius 1 is 1.31 bits per heavy atom. The van der Waals surface area contributed by atoms with Gasteiger partial charge in [0.05, 0.1) is 24.2 Å². The fourth-order valence-electron chi connectivity index (χ4n) is 5.23. The number of aliphatic hydroxyl groups excluding tert-OH is 1. The van der Waals surface area contributed by atoms with Crippen molar-refractivity contribution in [3.63, 3.8) is 0 Å². The van der Waals surface area contributed by atoms with Crippen molar-refractivity contribution in [3.05, 3.63) is 46.9 Å². The lowest BCUT2D eigenvalue weighted by Crippen LogP contribution is -2.54. The molecule has 0 saturated heterocycles. The topological polar surface area (TPSA) is 94.8 Å². The summed E-state index contributed by atoms with van der Waals surface area (Å²) in [5.74, 6) is 0.245. The Morgan fingerprint density at radius 3 is 2.97 bits per heavy atom. The van der Waals surface area contributed by atoms with E-state index in [1.165, 1.54) is 0 Å². The Bertz CT molecular complexity index is 1020. The van der Waals surface area contributed by atoms with Gasteiger partial charge in [0.1, 0.15) is 18.0 Å². The third kappa shape index (κ3) is 2.83. The quantitative estimate of drug-likeness (QED) is 0.722. The molecule has 0 radical (unpaired) electrons. The van der Waals surface area contributed by atoms with Crippen molar-refractivity contribution in [2.24, 2.45) is 0 Å². The molecule has 3 aliphatic rings. The van der Waals surface area contributed by atoms with Crippen molar-refractivity contribution in [2.75, 3.05) is 13.2 Å². The number of carbonyl (C=O) groups excluding carboxylic acids is 2. The maximum absolute atomic E-state index is 13.1. The highest BCUT2D eigenvalue weighted by molar-refractivity contribution is 6.00. The minimum atomic E-state index is -0.595. The van der Waals surface area contributed by atoms with Crippen LogP contribution in [0.1, 0.15) is 43.0 Å². The molecule has 2 aliphatic heterocycles. The van der Waals surface area contributed by atoms with Crippen molar-refractivity contribution in [1.82, 2.24) is 15.5 Å². The summed E-state index contributed by atoms with van der Waals surface area (Å²) >= 11 is 0. The SMILES string of the molecule is Cc1cc2cccc([C@@H]3C4=C(CNC4=O)N[C@@H]4CCCCC4N3C(=O)CO)c2o1. The van der Waals surface area contributed by atoms with Gasteiger partial charge >= 0.3 is 0 Å². The highest BCUT2D eigenvalue weighted by Gasteiger charge is 2.46. The normalized spacial score (nSPS) is 26.6. The third-order valence-electron chi connectivity index (χ3n) is 6.41. The van der Waals surface area contributed by atoms with Gasteiger partial charge in [0, 0.05) is 22.7 Å². The Hall–Kier alpha value is -2.80. The van der Waals surface area contributed by atoms with Crippen LogP contribution in [-0.2, 0) is 9.59 Å². The number of hydrogen-bond donors (Lipinski definition) is 3. The van der Waals surface area contributed by atoms with Crippen LogP contribution >= 0.6 is 0 Å². The summed E-state index contributed by atoms with van der Waals surface area (Å²) in [6, 6.07) is 7.17. The number of para-hydroxylation sites is 1. The number of aryl methyl sites for hydroxylation is 1. The van der Waals surface area contributed by atoms with Gasteiger partial charge < -0.3 is 25.1 Å². The summed E-state index contributed by atoms with van der Waals surface area (Å²) in [6.45, 7) is 1.73. The highest BCUT2D eigenvalue weighted by Crippen LogP contribution is 2.42. The summed E-state index contributed by atoms with van der Waals surface area (Å²) < 4.78 is 6.00. The summed E-state index contributed by atoms with van der Waals surface area (Å²) in [5.41, 5.74) is 2.88. The highest BCUT2D eigenvalue weighted by atomic mass is 16.3. The van der Waals surface area contributed by atoms with Crippen LogP contribution in [0.5, 0.6) is 0 Å². The van der Waals surface area contributed by atoms with Crippen molar-refractivity contribution in [2.45, 2.75) is 50.7 Å². The molecule has 0 bridgehead atoms. The van der Waals surface area contributed by atoms with Crippen LogP contribution in [0.15, 0.2) is 40.0 Å². The van der Waals surface area contributed by atoms with Crippen LogP contribution in [0.2, 0.25) is 0 Å². The molecule has 1 aromatic heterocycles. The number of rotatable bonds is 2. The van der Waals surface area contributed by atoms with Crippen LogP contribution in [0.25, 0.3) is 11.0 Å². The molecule has 1 fully saturated rings. The molecular formula is C22H25N3O4. The lowest BCUT2D eigenvalue weighted by Gasteiger charge is -2.42. The molecule has 1 saturated carbocycles. The summed E-state index contributed by atoms with van der Waals surface area (Å²) in [6.07, 6.45) is 3.87. The zero-order valence-corrected chi connectivity index (χ0v) is 16.4. The van der Waals surface area contributed by atoms with Crippen molar-refractivity contribution in [3.8, 4) is 0 Å². The summed E-state index contributed by atoms with van der Waals surface area (Å²) in [4.78, 5) is 27.7. The molecule has 7 heteroatoms. The van der Waals surface area contributed by atoms with Crippen LogP contribution in [0, 0.1) is 6.92 Å². The smallest absolute Gasteiger partial charge is 0.251 e. The average molecular weight is 395 g/mol. The largest absolute Gasteiger partial charge is 0.461 e. The Balaban J connectivity index is 1.76. The monoisotopic (exact) mass is 395 g/mol. The molecule has 1 aliphatic carbocycles. The minimum absolute atomic E-state index is 0.0690. The molecule has 0 spiro atoms. The fourth-order valence-corrected chi connectivity index (χ4v) is 5.23. The van der Waals surface area contributed by atoms with Crippen molar-refractivity contribution >= 4 is 22.8 Å². The van der Waals surface area contributed by atoms with Crippen LogP contribution in [-0.4, -0.2) is 47.1 Å². The Morgan fingerprint density at radius 2 is 2.14 bits per heavy atom. The van der Waals surface area contributed by atoms with E-state index in [0.29, 0.717) is 17.7 Å². The van der Waals surface area contributed by atoms with E-state index in [9.17, 15) is 14.7 Å². The van der Waals surface area contributed by atoms with E-state index in [4.69, 9.17) is 4.42 Å². The minimum Gasteiger partial charge on any atom is -0.461 e. The zero-order chi connectivity index (χ0) is 20.1. The number of benzene rings is 1. The maximum atomic E-state index is 13.1. The average Bonchev–Trinajstić information content (AvgIpc) is 3.23. The lowest BCUT2D eigenvalue weighted by atomic mass is 9.87. The van der Waals surface area contributed by atoms with Gasteiger partial charge in [-0.05, 0) is 25.8 Å². The van der Waals surface area contributed by atoms with E-state index in [-0.39, 0.29) is 23.9 Å². The van der Waals surface area contributed by atoms with E-state index in [1.807, 2.05) is 31.2 Å². The number of carbonyl (C=O) groups is 2. The maximum Gasteiger partial charge on any atom is 0.251 e. The molecule has 3 heterocycles. The van der Waals surface area contributed by atoms with Gasteiger partial charge in [-0.25, -0.2) is 0 Å². The second kappa shape index (κ2) is 6.91. The molecule has 5 rings (SSSR count). The lowest BCUT2D eigenvalue weighted by molar-refractivity contribution is -0.140. The number of nitrogens with zero attached hydrogens (tertiary/aromatic N) is 1. The molecule has 152 valence electrons. The van der Waals surface area contributed by atoms with Gasteiger partial charge in [0.2, 0.25) is 5.91 Å². The van der Waals surface area contributed by atoms with E-state index in [1.54, 1.807) is 4.90 Å². The third-order valence-corrected chi connectivity index (χ3v) is 6.41. The van der Waals surface area contributed by atoms with E-state index < -0.39 is 12.6 Å². The predicted molar refractivity (Wildman–Crippen MR) is 107 cm³/mol. The summed E-state index contributed by atoms with van der Waals surface area (Å²) in [7, 11) is 0. The molecule has 2 aromatic rings. The van der Waals surface area contributed by atoms with Crippen LogP contribution in [0.3, 0.4) is 0 Å². The van der Waals surface area contributed by atoms with Gasteiger partial charge in [-0.1, -0.05) is 31.0 Å². The Kier molecular flexibility index (Phi) is 4.35. The molecule has 7 nitrogen and oxygen atoms in total. The van der Waals surface area contributed by atoms with Crippen LogP contribution in [0.4, 0.5) is 0 Å². The van der Waals surface area contributed by atoms with Crippen molar-refractivity contribution in [1.29, 1.82) is 0 Å². The van der Waals surface area contributed by atoms with Gasteiger partial charge in [-0.3, -0.25) is 9.59 Å². The molecule has 3 atom stereocenters. The fraction of sp³-hybridized carbons (Fsp3) is 0.455. The zero-order valence-electron chi connectivity index (χ0n) is 16.4. The van der Waals surface area contributed by atoms with Gasteiger partial charge in [0.25, 0.3) is 5.91 Å². The van der Waals surface area contributed by atoms with Crippen molar-refractivity contribution < 1.29 is 19.1 Å². The number of hydrogen-bond acceptors (Lipinski definition) is 5. The van der Waals surface area contributed by atoms with Gasteiger partial charge in [-0.2, -0.15) is 0 Å². The van der Waals surface area contributed by atoms with Gasteiger partial charge in [0.15, 0.2) is 0 Å². The van der Waals surface area contributed by atoms with E-state index in [2.05, 4.69) is 10.6 Å².